The summed E-state index contributed by atoms with van der Waals surface area (Å²) in [5.74, 6) is -0.0450. The predicted molar refractivity (Wildman–Crippen MR) is 125 cm³/mol. The molecule has 1 aliphatic carbocycles. The number of carbonyl (C=O) groups excluding carboxylic acids is 3. The number of rotatable bonds is 6. The second-order valence-corrected chi connectivity index (χ2v) is 10.6. The molecule has 3 unspecified atom stereocenters. The highest BCUT2D eigenvalue weighted by Gasteiger charge is 2.39. The molecule has 1 aromatic rings. The van der Waals surface area contributed by atoms with Gasteiger partial charge in [0.05, 0.1) is 0 Å². The second-order valence-electron chi connectivity index (χ2n) is 10.6. The highest BCUT2D eigenvalue weighted by molar-refractivity contribution is 6.05. The van der Waals surface area contributed by atoms with Gasteiger partial charge in [0.25, 0.3) is 5.91 Å². The molecule has 2 N–H and O–H groups in total. The first-order valence-electron chi connectivity index (χ1n) is 12.7. The van der Waals surface area contributed by atoms with E-state index in [1.54, 1.807) is 4.90 Å². The maximum atomic E-state index is 12.9. The summed E-state index contributed by atoms with van der Waals surface area (Å²) in [6, 6.07) is 5.34. The van der Waals surface area contributed by atoms with Crippen LogP contribution in [0.15, 0.2) is 18.2 Å². The number of hydrogen-bond donors (Lipinski definition) is 2. The van der Waals surface area contributed by atoms with Crippen molar-refractivity contribution < 1.29 is 23.9 Å². The van der Waals surface area contributed by atoms with Crippen LogP contribution in [-0.4, -0.2) is 60.6 Å². The number of ether oxygens (including phenoxy) is 2. The van der Waals surface area contributed by atoms with E-state index < -0.39 is 6.04 Å². The second kappa shape index (κ2) is 9.66. The summed E-state index contributed by atoms with van der Waals surface area (Å²) in [4.78, 5) is 38.3. The van der Waals surface area contributed by atoms with E-state index in [0.717, 1.165) is 63.2 Å². The quantitative estimate of drug-likeness (QED) is 0.622. The van der Waals surface area contributed by atoms with Crippen molar-refractivity contribution in [2.24, 2.45) is 5.41 Å². The van der Waals surface area contributed by atoms with Gasteiger partial charge in [-0.1, -0.05) is 13.3 Å². The fraction of sp³-hybridized carbons (Fsp3) is 0.654. The largest absolute Gasteiger partial charge is 0.489 e. The molecule has 2 saturated heterocycles. The number of piperidine rings is 1. The molecule has 0 spiro atoms. The van der Waals surface area contributed by atoms with Crippen LogP contribution in [0.1, 0.15) is 74.2 Å². The minimum Gasteiger partial charge on any atom is -0.489 e. The molecule has 3 fully saturated rings. The summed E-state index contributed by atoms with van der Waals surface area (Å²) in [5.41, 5.74) is 1.76. The molecule has 184 valence electrons. The minimum atomic E-state index is -0.597. The molecular weight excluding hydrogens is 434 g/mol. The van der Waals surface area contributed by atoms with Crippen molar-refractivity contribution in [1.29, 1.82) is 0 Å². The number of fused-ring (bicyclic) bond motifs is 1. The minimum absolute atomic E-state index is 0.0959. The van der Waals surface area contributed by atoms with E-state index >= 15 is 0 Å². The Bertz CT molecular complexity index is 958. The van der Waals surface area contributed by atoms with E-state index in [0.29, 0.717) is 24.6 Å². The normalized spacial score (nSPS) is 29.0. The molecule has 3 atom stereocenters. The zero-order valence-electron chi connectivity index (χ0n) is 19.9. The molecule has 3 amide bonds. The lowest BCUT2D eigenvalue weighted by Gasteiger charge is -2.38. The van der Waals surface area contributed by atoms with Crippen LogP contribution in [0.2, 0.25) is 0 Å². The van der Waals surface area contributed by atoms with Gasteiger partial charge in [0.15, 0.2) is 0 Å². The highest BCUT2D eigenvalue weighted by Crippen LogP contribution is 2.33. The van der Waals surface area contributed by atoms with Crippen LogP contribution in [0, 0.1) is 5.41 Å². The van der Waals surface area contributed by atoms with Crippen LogP contribution in [0.3, 0.4) is 0 Å². The summed E-state index contributed by atoms with van der Waals surface area (Å²) in [7, 11) is 0. The van der Waals surface area contributed by atoms with Gasteiger partial charge < -0.3 is 19.7 Å². The smallest absolute Gasteiger partial charge is 0.255 e. The van der Waals surface area contributed by atoms with E-state index in [9.17, 15) is 14.4 Å². The van der Waals surface area contributed by atoms with Crippen molar-refractivity contribution >= 4 is 17.7 Å². The van der Waals surface area contributed by atoms with Crippen LogP contribution in [0.5, 0.6) is 5.75 Å². The molecule has 0 bridgehead atoms. The van der Waals surface area contributed by atoms with Crippen molar-refractivity contribution in [2.45, 2.75) is 83.0 Å². The molecule has 1 saturated carbocycles. The number of hydrogen-bond acceptors (Lipinski definition) is 6. The molecule has 3 heterocycles. The molecule has 4 aliphatic rings. The average Bonchev–Trinajstić information content (AvgIpc) is 3.14. The van der Waals surface area contributed by atoms with Gasteiger partial charge in [0, 0.05) is 44.3 Å². The molecule has 0 radical (unpaired) electrons. The number of imide groups is 1. The first kappa shape index (κ1) is 23.3. The molecule has 5 rings (SSSR count). The molecule has 8 heteroatoms. The number of benzene rings is 1. The molecule has 1 aromatic carbocycles. The van der Waals surface area contributed by atoms with Crippen LogP contribution < -0.4 is 15.4 Å². The Balaban J connectivity index is 1.23. The monoisotopic (exact) mass is 469 g/mol. The topological polar surface area (TPSA) is 97.0 Å². The van der Waals surface area contributed by atoms with Crippen LogP contribution in [0.25, 0.3) is 0 Å². The molecule has 34 heavy (non-hydrogen) atoms. The predicted octanol–water partition coefficient (Wildman–Crippen LogP) is 2.54. The van der Waals surface area contributed by atoms with E-state index in [2.05, 4.69) is 17.6 Å². The summed E-state index contributed by atoms with van der Waals surface area (Å²) in [6.07, 6.45) is 7.36. The Kier molecular flexibility index (Phi) is 6.62. The van der Waals surface area contributed by atoms with E-state index in [-0.39, 0.29) is 35.7 Å². The summed E-state index contributed by atoms with van der Waals surface area (Å²) in [6.45, 7) is 5.36. The molecule has 3 aliphatic heterocycles. The zero-order valence-corrected chi connectivity index (χ0v) is 19.9. The standard InChI is InChI=1S/C26H35N3O5/c1-26(10-12-33-13-11-26)16-27-20-4-2-3-5-22(20)34-18-6-7-19-17(14-18)15-29(25(19)32)21-8-9-23(30)28-24(21)31/h6-7,14,20-22,27H,2-5,8-13,15-16H2,1H3,(H,28,30,31). The SMILES string of the molecule is CC1(CNC2CCCCC2Oc2ccc3c(c2)CN(C2CCC(=O)NC2=O)C3=O)CCOCC1. The maximum Gasteiger partial charge on any atom is 0.255 e. The van der Waals surface area contributed by atoms with Crippen molar-refractivity contribution in [3.63, 3.8) is 0 Å². The number of nitrogens with one attached hydrogen (secondary N) is 2. The van der Waals surface area contributed by atoms with Gasteiger partial charge >= 0.3 is 0 Å². The number of carbonyl (C=O) groups is 3. The summed E-state index contributed by atoms with van der Waals surface area (Å²) >= 11 is 0. The average molecular weight is 470 g/mol. The first-order chi connectivity index (χ1) is 16.4. The van der Waals surface area contributed by atoms with Gasteiger partial charge in [-0.25, -0.2) is 0 Å². The Morgan fingerprint density at radius 3 is 2.74 bits per heavy atom. The third kappa shape index (κ3) is 4.84. The molecular formula is C26H35N3O5. The highest BCUT2D eigenvalue weighted by atomic mass is 16.5. The summed E-state index contributed by atoms with van der Waals surface area (Å²) < 4.78 is 12.0. The Morgan fingerprint density at radius 2 is 1.94 bits per heavy atom. The van der Waals surface area contributed by atoms with Gasteiger partial charge in [-0.3, -0.25) is 19.7 Å². The number of nitrogens with zero attached hydrogens (tertiary/aromatic N) is 1. The van der Waals surface area contributed by atoms with Gasteiger partial charge in [0.1, 0.15) is 17.9 Å². The Hall–Kier alpha value is -2.45. The zero-order chi connectivity index (χ0) is 23.7. The Labute approximate surface area is 200 Å². The van der Waals surface area contributed by atoms with Crippen molar-refractivity contribution in [2.75, 3.05) is 19.8 Å². The van der Waals surface area contributed by atoms with Crippen molar-refractivity contribution in [3.05, 3.63) is 29.3 Å². The lowest BCUT2D eigenvalue weighted by Crippen LogP contribution is -2.52. The van der Waals surface area contributed by atoms with Gasteiger partial charge in [0.2, 0.25) is 11.8 Å². The summed E-state index contributed by atoms with van der Waals surface area (Å²) in [5, 5.41) is 6.16. The lowest BCUT2D eigenvalue weighted by molar-refractivity contribution is -0.136. The van der Waals surface area contributed by atoms with E-state index in [1.165, 1.54) is 6.42 Å². The molecule has 8 nitrogen and oxygen atoms in total. The maximum absolute atomic E-state index is 12.9. The van der Waals surface area contributed by atoms with Gasteiger partial charge in [-0.05, 0) is 67.7 Å². The third-order valence-corrected chi connectivity index (χ3v) is 7.98. The first-order valence-corrected chi connectivity index (χ1v) is 12.7. The van der Waals surface area contributed by atoms with Crippen LogP contribution >= 0.6 is 0 Å². The Morgan fingerprint density at radius 1 is 1.15 bits per heavy atom. The number of amides is 3. The third-order valence-electron chi connectivity index (χ3n) is 7.98. The van der Waals surface area contributed by atoms with E-state index in [1.807, 2.05) is 18.2 Å². The lowest BCUT2D eigenvalue weighted by atomic mass is 9.81. The van der Waals surface area contributed by atoms with Gasteiger partial charge in [-0.15, -0.1) is 0 Å². The van der Waals surface area contributed by atoms with Crippen molar-refractivity contribution in [1.82, 2.24) is 15.5 Å². The van der Waals surface area contributed by atoms with E-state index in [4.69, 9.17) is 9.47 Å². The van der Waals surface area contributed by atoms with Crippen molar-refractivity contribution in [3.8, 4) is 5.75 Å². The van der Waals surface area contributed by atoms with Crippen LogP contribution in [-0.2, 0) is 20.9 Å². The van der Waals surface area contributed by atoms with Gasteiger partial charge in [-0.2, -0.15) is 0 Å². The fourth-order valence-corrected chi connectivity index (χ4v) is 5.69. The van der Waals surface area contributed by atoms with Crippen LogP contribution in [0.4, 0.5) is 0 Å². The molecule has 0 aromatic heterocycles. The fourth-order valence-electron chi connectivity index (χ4n) is 5.69.